The van der Waals surface area contributed by atoms with E-state index in [0.717, 1.165) is 9.90 Å². The SMILES string of the molecule is COc1ccccc1/C=C1/Sc2scc(-c3ccc(O)c(O)c3)[n+]2C1=O. The number of fused-ring (bicyclic) bond motifs is 1. The molecule has 0 amide bonds. The Morgan fingerprint density at radius 2 is 1.92 bits per heavy atom. The van der Waals surface area contributed by atoms with Crippen molar-refractivity contribution in [1.82, 2.24) is 0 Å². The van der Waals surface area contributed by atoms with Crippen LogP contribution in [0.1, 0.15) is 10.4 Å². The molecule has 26 heavy (non-hydrogen) atoms. The number of rotatable bonds is 3. The minimum absolute atomic E-state index is 0.125. The number of allylic oxidation sites excluding steroid dienone is 1. The van der Waals surface area contributed by atoms with E-state index in [4.69, 9.17) is 4.74 Å². The molecule has 0 saturated carbocycles. The molecule has 3 aromatic rings. The molecule has 1 aliphatic heterocycles. The summed E-state index contributed by atoms with van der Waals surface area (Å²) >= 11 is 2.87. The van der Waals surface area contributed by atoms with Gasteiger partial charge >= 0.3 is 10.2 Å². The first-order valence-corrected chi connectivity index (χ1v) is 9.41. The number of ether oxygens (including phenoxy) is 1. The van der Waals surface area contributed by atoms with Gasteiger partial charge in [0.25, 0.3) is 0 Å². The van der Waals surface area contributed by atoms with Crippen LogP contribution in [0.2, 0.25) is 0 Å². The van der Waals surface area contributed by atoms with E-state index in [2.05, 4.69) is 0 Å². The Kier molecular flexibility index (Phi) is 4.18. The van der Waals surface area contributed by atoms with E-state index in [9.17, 15) is 15.0 Å². The summed E-state index contributed by atoms with van der Waals surface area (Å²) in [6.07, 6.45) is 1.82. The molecule has 0 bridgehead atoms. The van der Waals surface area contributed by atoms with E-state index in [-0.39, 0.29) is 17.4 Å². The lowest BCUT2D eigenvalue weighted by Crippen LogP contribution is -2.40. The van der Waals surface area contributed by atoms with E-state index in [1.165, 1.54) is 35.2 Å². The van der Waals surface area contributed by atoms with Crippen molar-refractivity contribution in [2.45, 2.75) is 4.34 Å². The van der Waals surface area contributed by atoms with Crippen LogP contribution in [0.25, 0.3) is 17.3 Å². The number of hydrogen-bond donors (Lipinski definition) is 2. The highest BCUT2D eigenvalue weighted by molar-refractivity contribution is 8.05. The summed E-state index contributed by atoms with van der Waals surface area (Å²) in [5, 5.41) is 21.1. The quantitative estimate of drug-likeness (QED) is 0.407. The fourth-order valence-electron chi connectivity index (χ4n) is 2.72. The molecule has 0 saturated heterocycles. The smallest absolute Gasteiger partial charge is 0.433 e. The maximum atomic E-state index is 12.9. The number of nitrogens with zero attached hydrogens (tertiary/aromatic N) is 1. The first-order valence-electron chi connectivity index (χ1n) is 7.71. The molecule has 7 heteroatoms. The summed E-state index contributed by atoms with van der Waals surface area (Å²) in [4.78, 5) is 13.5. The second kappa shape index (κ2) is 6.51. The molecule has 0 aliphatic carbocycles. The lowest BCUT2D eigenvalue weighted by atomic mass is 10.1. The Morgan fingerprint density at radius 3 is 2.69 bits per heavy atom. The monoisotopic (exact) mass is 384 g/mol. The number of aromatic nitrogens is 1. The third kappa shape index (κ3) is 2.75. The molecular weight excluding hydrogens is 370 g/mol. The van der Waals surface area contributed by atoms with Crippen LogP contribution in [0.3, 0.4) is 0 Å². The number of benzene rings is 2. The largest absolute Gasteiger partial charge is 0.504 e. The van der Waals surface area contributed by atoms with Crippen molar-refractivity contribution < 1.29 is 24.3 Å². The molecule has 2 heterocycles. The van der Waals surface area contributed by atoms with Gasteiger partial charge in [0.05, 0.1) is 18.1 Å². The second-order valence-corrected chi connectivity index (χ2v) is 7.73. The first-order chi connectivity index (χ1) is 12.6. The van der Waals surface area contributed by atoms with Gasteiger partial charge in [-0.3, -0.25) is 0 Å². The number of phenolic OH excluding ortho intramolecular Hbond substituents is 2. The second-order valence-electron chi connectivity index (χ2n) is 5.58. The van der Waals surface area contributed by atoms with Crippen LogP contribution in [-0.4, -0.2) is 23.2 Å². The zero-order chi connectivity index (χ0) is 18.3. The topological polar surface area (TPSA) is 70.6 Å². The molecule has 0 unspecified atom stereocenters. The fraction of sp³-hybridized carbons (Fsp3) is 0.0526. The third-order valence-corrected chi connectivity index (χ3v) is 6.14. The summed E-state index contributed by atoms with van der Waals surface area (Å²) in [6, 6.07) is 12.1. The van der Waals surface area contributed by atoms with Crippen LogP contribution in [0.15, 0.2) is 57.1 Å². The minimum Gasteiger partial charge on any atom is -0.504 e. The van der Waals surface area contributed by atoms with Crippen LogP contribution in [0.4, 0.5) is 0 Å². The molecule has 130 valence electrons. The van der Waals surface area contributed by atoms with Crippen LogP contribution >= 0.6 is 23.1 Å². The predicted octanol–water partition coefficient (Wildman–Crippen LogP) is 3.91. The van der Waals surface area contributed by atoms with Gasteiger partial charge in [-0.2, -0.15) is 0 Å². The number of carbonyl (C=O) groups excluding carboxylic acids is 1. The number of phenols is 2. The number of hydrogen-bond acceptors (Lipinski definition) is 6. The van der Waals surface area contributed by atoms with Gasteiger partial charge < -0.3 is 14.9 Å². The lowest BCUT2D eigenvalue weighted by molar-refractivity contribution is -0.588. The number of methoxy groups -OCH3 is 1. The van der Waals surface area contributed by atoms with E-state index >= 15 is 0 Å². The average Bonchev–Trinajstić information content (AvgIpc) is 3.19. The van der Waals surface area contributed by atoms with Crippen molar-refractivity contribution >= 4 is 35.1 Å². The number of para-hydroxylation sites is 1. The van der Waals surface area contributed by atoms with Crippen molar-refractivity contribution in [2.75, 3.05) is 7.11 Å². The van der Waals surface area contributed by atoms with E-state index in [0.29, 0.717) is 21.9 Å². The van der Waals surface area contributed by atoms with Gasteiger partial charge in [0.15, 0.2) is 11.5 Å². The number of thioether (sulfide) groups is 1. The Bertz CT molecular complexity index is 1060. The highest BCUT2D eigenvalue weighted by Gasteiger charge is 2.41. The Hall–Kier alpha value is -2.77. The van der Waals surface area contributed by atoms with Gasteiger partial charge in [-0.05, 0) is 30.3 Å². The molecule has 5 nitrogen and oxygen atoms in total. The fourth-order valence-corrected chi connectivity index (χ4v) is 4.89. The summed E-state index contributed by atoms with van der Waals surface area (Å²) < 4.78 is 7.82. The molecule has 4 rings (SSSR count). The molecule has 1 aliphatic rings. The van der Waals surface area contributed by atoms with Gasteiger partial charge in [0.1, 0.15) is 10.7 Å². The molecule has 1 aromatic heterocycles. The summed E-state index contributed by atoms with van der Waals surface area (Å²) in [7, 11) is 1.60. The van der Waals surface area contributed by atoms with E-state index < -0.39 is 0 Å². The first kappa shape index (κ1) is 16.7. The van der Waals surface area contributed by atoms with Crippen LogP contribution in [0.5, 0.6) is 17.2 Å². The highest BCUT2D eigenvalue weighted by Crippen LogP contribution is 2.39. The van der Waals surface area contributed by atoms with Crippen molar-refractivity contribution in [1.29, 1.82) is 0 Å². The minimum atomic E-state index is -0.217. The Labute approximate surface area is 157 Å². The van der Waals surface area contributed by atoms with Gasteiger partial charge in [-0.25, -0.2) is 4.79 Å². The third-order valence-electron chi connectivity index (χ3n) is 4.00. The number of thiazole rings is 1. The summed E-state index contributed by atoms with van der Waals surface area (Å²) in [5.41, 5.74) is 2.18. The van der Waals surface area contributed by atoms with Crippen molar-refractivity contribution in [3.05, 3.63) is 58.3 Å². The molecule has 2 aromatic carbocycles. The zero-order valence-corrected chi connectivity index (χ0v) is 15.3. The molecular formula is C19H14NO4S2+. The normalized spacial score (nSPS) is 14.7. The summed E-state index contributed by atoms with van der Waals surface area (Å²) in [5.74, 6) is 0.172. The van der Waals surface area contributed by atoms with E-state index in [1.807, 2.05) is 35.7 Å². The average molecular weight is 384 g/mol. The molecule has 0 radical (unpaired) electrons. The number of carbonyl (C=O) groups is 1. The lowest BCUT2D eigenvalue weighted by Gasteiger charge is -2.03. The van der Waals surface area contributed by atoms with Gasteiger partial charge in [0, 0.05) is 17.3 Å². The van der Waals surface area contributed by atoms with Crippen molar-refractivity contribution in [2.24, 2.45) is 0 Å². The van der Waals surface area contributed by atoms with Gasteiger partial charge in [-0.1, -0.05) is 29.5 Å². The maximum absolute atomic E-state index is 12.9. The standard InChI is InChI=1S/C19H13NO4S2/c1-24-16-5-3-2-4-12(16)9-17-18(23)20-13(10-25-19(20)26-17)11-6-7-14(21)15(22)8-11/h2-10H,1H3,(H-,21,22)/p+1/b17-9+. The molecule has 0 spiro atoms. The highest BCUT2D eigenvalue weighted by atomic mass is 32.2. The van der Waals surface area contributed by atoms with Crippen molar-refractivity contribution in [3.63, 3.8) is 0 Å². The molecule has 0 atom stereocenters. The molecule has 2 N–H and O–H groups in total. The van der Waals surface area contributed by atoms with Crippen LogP contribution < -0.4 is 9.30 Å². The number of aromatic hydroxyl groups is 2. The zero-order valence-electron chi connectivity index (χ0n) is 13.7. The van der Waals surface area contributed by atoms with Gasteiger partial charge in [0.2, 0.25) is 5.69 Å². The maximum Gasteiger partial charge on any atom is 0.433 e. The molecule has 0 fully saturated rings. The van der Waals surface area contributed by atoms with Crippen LogP contribution in [0, 0.1) is 0 Å². The van der Waals surface area contributed by atoms with E-state index in [1.54, 1.807) is 17.7 Å². The van der Waals surface area contributed by atoms with Crippen molar-refractivity contribution in [3.8, 4) is 28.5 Å². The summed E-state index contributed by atoms with van der Waals surface area (Å²) in [6.45, 7) is 0. The Morgan fingerprint density at radius 1 is 1.12 bits per heavy atom. The Balaban J connectivity index is 1.74. The van der Waals surface area contributed by atoms with Gasteiger partial charge in [-0.15, -0.1) is 4.57 Å². The predicted molar refractivity (Wildman–Crippen MR) is 101 cm³/mol. The van der Waals surface area contributed by atoms with Crippen LogP contribution in [-0.2, 0) is 0 Å².